The largest absolute Gasteiger partial charge is 0.480 e. The second-order valence-corrected chi connectivity index (χ2v) is 6.18. The number of carboxylic acid groups (broad SMARTS) is 1. The summed E-state index contributed by atoms with van der Waals surface area (Å²) in [5.41, 5.74) is 3.21. The maximum absolute atomic E-state index is 11.9. The first kappa shape index (κ1) is 15.6. The molecule has 2 rings (SSSR count). The van der Waals surface area contributed by atoms with Crippen LogP contribution in [-0.4, -0.2) is 40.1 Å². The van der Waals surface area contributed by atoms with Gasteiger partial charge < -0.3 is 15.7 Å². The number of aromatic nitrogens is 1. The van der Waals surface area contributed by atoms with Crippen LogP contribution in [0, 0.1) is 0 Å². The molecular formula is C13H15N3O3S2. The van der Waals surface area contributed by atoms with Gasteiger partial charge in [-0.3, -0.25) is 0 Å². The first-order chi connectivity index (χ1) is 10.1. The quantitative estimate of drug-likeness (QED) is 0.759. The van der Waals surface area contributed by atoms with Crippen LogP contribution in [0.1, 0.15) is 6.42 Å². The maximum Gasteiger partial charge on any atom is 0.326 e. The van der Waals surface area contributed by atoms with E-state index in [9.17, 15) is 9.59 Å². The third-order valence-electron chi connectivity index (χ3n) is 2.80. The second kappa shape index (κ2) is 7.28. The molecule has 1 atom stereocenters. The van der Waals surface area contributed by atoms with Crippen molar-refractivity contribution < 1.29 is 14.7 Å². The SMILES string of the molecule is CSCCC(NC(=O)Nc1ccc2ncsc2c1)C(=O)O. The van der Waals surface area contributed by atoms with E-state index in [2.05, 4.69) is 15.6 Å². The van der Waals surface area contributed by atoms with E-state index in [1.807, 2.05) is 18.4 Å². The summed E-state index contributed by atoms with van der Waals surface area (Å²) in [5.74, 6) is -0.360. The Balaban J connectivity index is 1.97. The third-order valence-corrected chi connectivity index (χ3v) is 4.24. The summed E-state index contributed by atoms with van der Waals surface area (Å²) in [6.45, 7) is 0. The van der Waals surface area contributed by atoms with E-state index >= 15 is 0 Å². The van der Waals surface area contributed by atoms with Crippen LogP contribution in [0.2, 0.25) is 0 Å². The number of carbonyl (C=O) groups excluding carboxylic acids is 1. The van der Waals surface area contributed by atoms with E-state index < -0.39 is 18.0 Å². The fraction of sp³-hybridized carbons (Fsp3) is 0.308. The summed E-state index contributed by atoms with van der Waals surface area (Å²) in [6, 6.07) is 3.95. The number of hydrogen-bond donors (Lipinski definition) is 3. The van der Waals surface area contributed by atoms with Crippen LogP contribution in [-0.2, 0) is 4.79 Å². The molecule has 1 unspecified atom stereocenters. The summed E-state index contributed by atoms with van der Waals surface area (Å²) < 4.78 is 0.963. The molecule has 1 aromatic carbocycles. The van der Waals surface area contributed by atoms with Gasteiger partial charge in [-0.05, 0) is 36.6 Å². The normalized spacial score (nSPS) is 12.0. The van der Waals surface area contributed by atoms with E-state index in [4.69, 9.17) is 5.11 Å². The number of thiazole rings is 1. The first-order valence-electron chi connectivity index (χ1n) is 6.22. The number of carboxylic acids is 1. The minimum atomic E-state index is -1.03. The third kappa shape index (κ3) is 4.33. The minimum Gasteiger partial charge on any atom is -0.480 e. The second-order valence-electron chi connectivity index (χ2n) is 4.31. The van der Waals surface area contributed by atoms with Crippen LogP contribution >= 0.6 is 23.1 Å². The van der Waals surface area contributed by atoms with Gasteiger partial charge in [-0.2, -0.15) is 11.8 Å². The van der Waals surface area contributed by atoms with Crippen LogP contribution in [0.4, 0.5) is 10.5 Å². The van der Waals surface area contributed by atoms with E-state index in [0.717, 1.165) is 10.2 Å². The summed E-state index contributed by atoms with van der Waals surface area (Å²) >= 11 is 3.02. The van der Waals surface area contributed by atoms with E-state index in [1.165, 1.54) is 11.3 Å². The van der Waals surface area contributed by atoms with Crippen molar-refractivity contribution in [3.05, 3.63) is 23.7 Å². The molecule has 0 aliphatic carbocycles. The van der Waals surface area contributed by atoms with Crippen molar-refractivity contribution in [2.45, 2.75) is 12.5 Å². The van der Waals surface area contributed by atoms with Gasteiger partial charge in [-0.15, -0.1) is 11.3 Å². The molecule has 0 bridgehead atoms. The van der Waals surface area contributed by atoms with Crippen molar-refractivity contribution in [1.82, 2.24) is 10.3 Å². The molecule has 0 fully saturated rings. The number of anilines is 1. The van der Waals surface area contributed by atoms with Crippen molar-refractivity contribution in [3.63, 3.8) is 0 Å². The summed E-state index contributed by atoms with van der Waals surface area (Å²) in [4.78, 5) is 27.1. The fourth-order valence-electron chi connectivity index (χ4n) is 1.75. The molecule has 3 N–H and O–H groups in total. The molecule has 21 heavy (non-hydrogen) atoms. The first-order valence-corrected chi connectivity index (χ1v) is 8.50. The number of benzene rings is 1. The van der Waals surface area contributed by atoms with Gasteiger partial charge in [0.05, 0.1) is 15.7 Å². The average Bonchev–Trinajstić information content (AvgIpc) is 2.90. The summed E-state index contributed by atoms with van der Waals surface area (Å²) in [5, 5.41) is 14.2. The van der Waals surface area contributed by atoms with Crippen molar-refractivity contribution >= 4 is 51.0 Å². The van der Waals surface area contributed by atoms with Crippen molar-refractivity contribution in [1.29, 1.82) is 0 Å². The van der Waals surface area contributed by atoms with Crippen molar-refractivity contribution in [2.24, 2.45) is 0 Å². The van der Waals surface area contributed by atoms with Crippen molar-refractivity contribution in [2.75, 3.05) is 17.3 Å². The van der Waals surface area contributed by atoms with Gasteiger partial charge in [0.15, 0.2) is 0 Å². The molecule has 0 saturated heterocycles. The number of carbonyl (C=O) groups is 2. The molecule has 1 aromatic heterocycles. The minimum absolute atomic E-state index is 0.387. The number of rotatable bonds is 6. The number of urea groups is 1. The fourth-order valence-corrected chi connectivity index (χ4v) is 2.94. The highest BCUT2D eigenvalue weighted by Gasteiger charge is 2.19. The molecular weight excluding hydrogens is 310 g/mol. The monoisotopic (exact) mass is 325 g/mol. The highest BCUT2D eigenvalue weighted by atomic mass is 32.2. The molecule has 0 saturated carbocycles. The zero-order valence-electron chi connectivity index (χ0n) is 11.3. The molecule has 8 heteroatoms. The summed E-state index contributed by atoms with van der Waals surface area (Å²) in [6.07, 6.45) is 2.28. The van der Waals surface area contributed by atoms with Gasteiger partial charge >= 0.3 is 12.0 Å². The van der Waals surface area contributed by atoms with Crippen LogP contribution in [0.25, 0.3) is 10.2 Å². The van der Waals surface area contributed by atoms with Gasteiger partial charge in [0.25, 0.3) is 0 Å². The lowest BCUT2D eigenvalue weighted by atomic mass is 10.2. The standard InChI is InChI=1S/C13H15N3O3S2/c1-20-5-4-10(12(17)18)16-13(19)15-8-2-3-9-11(6-8)21-7-14-9/h2-3,6-7,10H,4-5H2,1H3,(H,17,18)(H2,15,16,19). The van der Waals surface area contributed by atoms with Gasteiger partial charge in [0, 0.05) is 5.69 Å². The molecule has 112 valence electrons. The maximum atomic E-state index is 11.9. The lowest BCUT2D eigenvalue weighted by Gasteiger charge is -2.14. The van der Waals surface area contributed by atoms with Crippen molar-refractivity contribution in [3.8, 4) is 0 Å². The lowest BCUT2D eigenvalue weighted by Crippen LogP contribution is -2.43. The van der Waals surface area contributed by atoms with Crippen LogP contribution < -0.4 is 10.6 Å². The number of nitrogens with zero attached hydrogens (tertiary/aromatic N) is 1. The number of aliphatic carboxylic acids is 1. The Hall–Kier alpha value is -1.80. The average molecular weight is 325 g/mol. The Bertz CT molecular complexity index is 644. The van der Waals surface area contributed by atoms with Crippen LogP contribution in [0.5, 0.6) is 0 Å². The highest BCUT2D eigenvalue weighted by Crippen LogP contribution is 2.21. The molecule has 2 amide bonds. The van der Waals surface area contributed by atoms with Crippen LogP contribution in [0.15, 0.2) is 23.7 Å². The predicted octanol–water partition coefficient (Wildman–Crippen LogP) is 2.62. The number of thioether (sulfide) groups is 1. The molecule has 2 aromatic rings. The molecule has 1 heterocycles. The van der Waals surface area contributed by atoms with Gasteiger partial charge in [0.2, 0.25) is 0 Å². The van der Waals surface area contributed by atoms with Gasteiger partial charge in [-0.1, -0.05) is 0 Å². The number of hydrogen-bond acceptors (Lipinski definition) is 5. The Morgan fingerprint density at radius 1 is 1.48 bits per heavy atom. The topological polar surface area (TPSA) is 91.3 Å². The number of fused-ring (bicyclic) bond motifs is 1. The highest BCUT2D eigenvalue weighted by molar-refractivity contribution is 7.98. The predicted molar refractivity (Wildman–Crippen MR) is 86.2 cm³/mol. The smallest absolute Gasteiger partial charge is 0.326 e. The molecule has 6 nitrogen and oxygen atoms in total. The zero-order chi connectivity index (χ0) is 15.2. The number of amides is 2. The van der Waals surface area contributed by atoms with Gasteiger partial charge in [0.1, 0.15) is 6.04 Å². The Morgan fingerprint density at radius 2 is 2.29 bits per heavy atom. The van der Waals surface area contributed by atoms with Crippen LogP contribution in [0.3, 0.4) is 0 Å². The van der Waals surface area contributed by atoms with E-state index in [1.54, 1.807) is 23.3 Å². The van der Waals surface area contributed by atoms with E-state index in [-0.39, 0.29) is 0 Å². The summed E-state index contributed by atoms with van der Waals surface area (Å²) in [7, 11) is 0. The lowest BCUT2D eigenvalue weighted by molar-refractivity contribution is -0.139. The molecule has 0 aliphatic rings. The number of nitrogens with one attached hydrogen (secondary N) is 2. The molecule has 0 spiro atoms. The Labute approximate surface area is 130 Å². The Morgan fingerprint density at radius 3 is 3.00 bits per heavy atom. The molecule has 0 radical (unpaired) electrons. The molecule has 0 aliphatic heterocycles. The Kier molecular flexibility index (Phi) is 5.40. The van der Waals surface area contributed by atoms with Gasteiger partial charge in [-0.25, -0.2) is 14.6 Å². The zero-order valence-corrected chi connectivity index (χ0v) is 13.0. The van der Waals surface area contributed by atoms with E-state index in [0.29, 0.717) is 17.9 Å².